The molecule has 0 aromatic heterocycles. The second-order valence-electron chi connectivity index (χ2n) is 5.38. The van der Waals surface area contributed by atoms with Crippen LogP contribution < -0.4 is 10.2 Å². The Morgan fingerprint density at radius 2 is 1.52 bits per heavy atom. The first-order chi connectivity index (χ1) is 12.3. The van der Waals surface area contributed by atoms with Crippen LogP contribution in [0, 0.1) is 0 Å². The molecule has 0 saturated heterocycles. The number of hydrogen-bond acceptors (Lipinski definition) is 3. The second kappa shape index (κ2) is 8.45. The molecule has 0 spiro atoms. The summed E-state index contributed by atoms with van der Waals surface area (Å²) in [4.78, 5) is 12.4. The standard InChI is InChI=1S/C21H18N2O2/c24-21(23-22-15-17-9-3-1-4-10-17)19-13-7-8-14-20(19)25-16-18-11-5-2-6-12-18/h1-15H,16H2,(H,23,24). The van der Waals surface area contributed by atoms with E-state index in [2.05, 4.69) is 10.5 Å². The maximum Gasteiger partial charge on any atom is 0.275 e. The number of para-hydroxylation sites is 1. The normalized spacial score (nSPS) is 10.6. The molecule has 0 aliphatic carbocycles. The van der Waals surface area contributed by atoms with Gasteiger partial charge < -0.3 is 4.74 Å². The maximum atomic E-state index is 12.4. The number of hydrazone groups is 1. The zero-order valence-corrected chi connectivity index (χ0v) is 13.6. The van der Waals surface area contributed by atoms with Crippen molar-refractivity contribution in [1.82, 2.24) is 5.43 Å². The van der Waals surface area contributed by atoms with Crippen LogP contribution in [-0.4, -0.2) is 12.1 Å². The predicted molar refractivity (Wildman–Crippen MR) is 98.7 cm³/mol. The molecule has 4 nitrogen and oxygen atoms in total. The Balaban J connectivity index is 1.65. The van der Waals surface area contributed by atoms with Crippen molar-refractivity contribution < 1.29 is 9.53 Å². The molecule has 0 bridgehead atoms. The van der Waals surface area contributed by atoms with Gasteiger partial charge in [-0.25, -0.2) is 5.43 Å². The van der Waals surface area contributed by atoms with Crippen LogP contribution in [0.15, 0.2) is 90.0 Å². The quantitative estimate of drug-likeness (QED) is 0.548. The number of benzene rings is 3. The lowest BCUT2D eigenvalue weighted by atomic mass is 10.2. The molecule has 0 atom stereocenters. The third kappa shape index (κ3) is 4.78. The van der Waals surface area contributed by atoms with Gasteiger partial charge in [-0.3, -0.25) is 4.79 Å². The van der Waals surface area contributed by atoms with Gasteiger partial charge in [0.25, 0.3) is 5.91 Å². The highest BCUT2D eigenvalue weighted by molar-refractivity contribution is 5.97. The van der Waals surface area contributed by atoms with Gasteiger partial charge in [-0.15, -0.1) is 0 Å². The van der Waals surface area contributed by atoms with E-state index in [9.17, 15) is 4.79 Å². The first-order valence-electron chi connectivity index (χ1n) is 7.97. The monoisotopic (exact) mass is 330 g/mol. The van der Waals surface area contributed by atoms with Gasteiger partial charge in [0.2, 0.25) is 0 Å². The highest BCUT2D eigenvalue weighted by Gasteiger charge is 2.11. The minimum atomic E-state index is -0.309. The molecule has 0 heterocycles. The van der Waals surface area contributed by atoms with E-state index < -0.39 is 0 Å². The van der Waals surface area contributed by atoms with Crippen LogP contribution in [0.3, 0.4) is 0 Å². The molecule has 25 heavy (non-hydrogen) atoms. The van der Waals surface area contributed by atoms with Gasteiger partial charge in [0, 0.05) is 0 Å². The van der Waals surface area contributed by atoms with E-state index in [-0.39, 0.29) is 5.91 Å². The lowest BCUT2D eigenvalue weighted by molar-refractivity contribution is 0.0950. The maximum absolute atomic E-state index is 12.4. The van der Waals surface area contributed by atoms with Crippen LogP contribution in [0.4, 0.5) is 0 Å². The second-order valence-corrected chi connectivity index (χ2v) is 5.38. The Morgan fingerprint density at radius 3 is 2.28 bits per heavy atom. The smallest absolute Gasteiger partial charge is 0.275 e. The van der Waals surface area contributed by atoms with Crippen molar-refractivity contribution in [1.29, 1.82) is 0 Å². The fraction of sp³-hybridized carbons (Fsp3) is 0.0476. The number of ether oxygens (including phenoxy) is 1. The van der Waals surface area contributed by atoms with Crippen LogP contribution in [0.1, 0.15) is 21.5 Å². The fourth-order valence-electron chi connectivity index (χ4n) is 2.28. The van der Waals surface area contributed by atoms with E-state index in [1.54, 1.807) is 24.4 Å². The molecule has 1 amide bonds. The van der Waals surface area contributed by atoms with Crippen LogP contribution in [-0.2, 0) is 6.61 Å². The SMILES string of the molecule is O=C(NN=Cc1ccccc1)c1ccccc1OCc1ccccc1. The fourth-order valence-corrected chi connectivity index (χ4v) is 2.28. The van der Waals surface area contributed by atoms with Gasteiger partial charge in [0.1, 0.15) is 12.4 Å². The Bertz CT molecular complexity index is 846. The molecule has 3 aromatic rings. The molecule has 0 aliphatic heterocycles. The van der Waals surface area contributed by atoms with E-state index in [0.717, 1.165) is 11.1 Å². The molecule has 3 rings (SSSR count). The van der Waals surface area contributed by atoms with Gasteiger partial charge in [-0.1, -0.05) is 72.8 Å². The predicted octanol–water partition coefficient (Wildman–Crippen LogP) is 4.03. The largest absolute Gasteiger partial charge is 0.488 e. The molecular weight excluding hydrogens is 312 g/mol. The number of nitrogens with zero attached hydrogens (tertiary/aromatic N) is 1. The van der Waals surface area contributed by atoms with Crippen LogP contribution in [0.5, 0.6) is 5.75 Å². The van der Waals surface area contributed by atoms with Crippen molar-refractivity contribution in [3.05, 3.63) is 102 Å². The lowest BCUT2D eigenvalue weighted by Crippen LogP contribution is -2.18. The first kappa shape index (κ1) is 16.5. The zero-order chi connectivity index (χ0) is 17.3. The average molecular weight is 330 g/mol. The number of hydrogen-bond donors (Lipinski definition) is 1. The third-order valence-corrected chi connectivity index (χ3v) is 3.55. The van der Waals surface area contributed by atoms with Crippen molar-refractivity contribution in [3.63, 3.8) is 0 Å². The molecule has 4 heteroatoms. The minimum Gasteiger partial charge on any atom is -0.488 e. The molecule has 0 fully saturated rings. The lowest BCUT2D eigenvalue weighted by Gasteiger charge is -2.10. The number of amides is 1. The minimum absolute atomic E-state index is 0.309. The molecular formula is C21H18N2O2. The highest BCUT2D eigenvalue weighted by atomic mass is 16.5. The van der Waals surface area contributed by atoms with Gasteiger partial charge in [-0.05, 0) is 23.3 Å². The summed E-state index contributed by atoms with van der Waals surface area (Å²) >= 11 is 0. The van der Waals surface area contributed by atoms with E-state index in [4.69, 9.17) is 4.74 Å². The summed E-state index contributed by atoms with van der Waals surface area (Å²) in [5.74, 6) is 0.217. The van der Waals surface area contributed by atoms with Crippen LogP contribution in [0.25, 0.3) is 0 Å². The van der Waals surface area contributed by atoms with Crippen molar-refractivity contribution in [2.75, 3.05) is 0 Å². The Labute approximate surface area is 146 Å². The number of rotatable bonds is 6. The summed E-state index contributed by atoms with van der Waals surface area (Å²) in [6.45, 7) is 0.401. The Hall–Kier alpha value is -3.40. The van der Waals surface area contributed by atoms with Crippen molar-refractivity contribution in [2.24, 2.45) is 5.10 Å². The highest BCUT2D eigenvalue weighted by Crippen LogP contribution is 2.19. The van der Waals surface area contributed by atoms with Crippen molar-refractivity contribution in [3.8, 4) is 5.75 Å². The van der Waals surface area contributed by atoms with Gasteiger partial charge in [0.15, 0.2) is 0 Å². The third-order valence-electron chi connectivity index (χ3n) is 3.55. The van der Waals surface area contributed by atoms with Crippen molar-refractivity contribution in [2.45, 2.75) is 6.61 Å². The first-order valence-corrected chi connectivity index (χ1v) is 7.97. The molecule has 1 N–H and O–H groups in total. The molecule has 0 radical (unpaired) electrons. The summed E-state index contributed by atoms with van der Waals surface area (Å²) in [6.07, 6.45) is 1.60. The Morgan fingerprint density at radius 1 is 0.880 bits per heavy atom. The number of carbonyl (C=O) groups is 1. The van der Waals surface area contributed by atoms with Gasteiger partial charge >= 0.3 is 0 Å². The van der Waals surface area contributed by atoms with Crippen molar-refractivity contribution >= 4 is 12.1 Å². The molecule has 3 aromatic carbocycles. The summed E-state index contributed by atoms with van der Waals surface area (Å²) in [5.41, 5.74) is 4.94. The average Bonchev–Trinajstić information content (AvgIpc) is 2.68. The van der Waals surface area contributed by atoms with Crippen LogP contribution >= 0.6 is 0 Å². The number of nitrogens with one attached hydrogen (secondary N) is 1. The van der Waals surface area contributed by atoms with E-state index >= 15 is 0 Å². The summed E-state index contributed by atoms with van der Waals surface area (Å²) in [6, 6.07) is 26.5. The Kier molecular flexibility index (Phi) is 5.56. The number of carbonyl (C=O) groups excluding carboxylic acids is 1. The van der Waals surface area contributed by atoms with Gasteiger partial charge in [-0.2, -0.15) is 5.10 Å². The van der Waals surface area contributed by atoms with Gasteiger partial charge in [0.05, 0.1) is 11.8 Å². The molecule has 0 aliphatic rings. The summed E-state index contributed by atoms with van der Waals surface area (Å²) in [5, 5.41) is 4.00. The molecule has 0 unspecified atom stereocenters. The topological polar surface area (TPSA) is 50.7 Å². The summed E-state index contributed by atoms with van der Waals surface area (Å²) < 4.78 is 5.80. The van der Waals surface area contributed by atoms with E-state index in [1.165, 1.54) is 0 Å². The summed E-state index contributed by atoms with van der Waals surface area (Å²) in [7, 11) is 0. The zero-order valence-electron chi connectivity index (χ0n) is 13.6. The van der Waals surface area contributed by atoms with E-state index in [1.807, 2.05) is 66.7 Å². The van der Waals surface area contributed by atoms with Crippen LogP contribution in [0.2, 0.25) is 0 Å². The van der Waals surface area contributed by atoms with E-state index in [0.29, 0.717) is 17.9 Å². The molecule has 0 saturated carbocycles. The molecule has 124 valence electrons.